The van der Waals surface area contributed by atoms with E-state index >= 15 is 0 Å². The molecule has 1 aliphatic rings. The zero-order chi connectivity index (χ0) is 35.9. The summed E-state index contributed by atoms with van der Waals surface area (Å²) in [5.41, 5.74) is 2.95. The van der Waals surface area contributed by atoms with Gasteiger partial charge in [-0.25, -0.2) is 18.4 Å². The lowest BCUT2D eigenvalue weighted by Gasteiger charge is -2.29. The summed E-state index contributed by atoms with van der Waals surface area (Å²) in [6.45, 7) is 5.94. The predicted octanol–water partition coefficient (Wildman–Crippen LogP) is 5.27. The van der Waals surface area contributed by atoms with E-state index in [4.69, 9.17) is 9.88 Å². The lowest BCUT2D eigenvalue weighted by atomic mass is 9.77. The van der Waals surface area contributed by atoms with Crippen LogP contribution in [0.15, 0.2) is 77.7 Å². The van der Waals surface area contributed by atoms with Crippen molar-refractivity contribution in [1.29, 1.82) is 0 Å². The van der Waals surface area contributed by atoms with E-state index in [0.717, 1.165) is 29.5 Å². The van der Waals surface area contributed by atoms with Crippen molar-refractivity contribution in [3.05, 3.63) is 78.4 Å². The zero-order valence-electron chi connectivity index (χ0n) is 28.4. The normalized spacial score (nSPS) is 17.0. The second-order valence-corrected chi connectivity index (χ2v) is 15.3. The van der Waals surface area contributed by atoms with Gasteiger partial charge in [-0.05, 0) is 117 Å². The van der Waals surface area contributed by atoms with Gasteiger partial charge in [0.25, 0.3) is 0 Å². The first-order valence-corrected chi connectivity index (χ1v) is 18.1. The standard InChI is InChI=1S/C36H43N7O6S/c1-36(2,3)49-35(46)38-22-23-10-12-25(13-11-23)32(44)21-29(34(45)39-30-16-14-26(15-17-30)33-40-42-43-41-33)19-24-6-4-7-27(18-24)28-8-5-9-31(20-28)50(37,47)48/h4-9,14-18,20,23,25,29H,10-13,19,21-22H2,1-3H3,(H,38,46)(H,39,45)(H2,37,47,48)(H,40,41,42,43)/t23?,25?,29-/m1/s1. The van der Waals surface area contributed by atoms with E-state index in [-0.39, 0.29) is 41.3 Å². The first-order chi connectivity index (χ1) is 23.7. The topological polar surface area (TPSA) is 199 Å². The molecule has 0 unspecified atom stereocenters. The Hall–Kier alpha value is -4.95. The Balaban J connectivity index is 1.28. The molecule has 1 saturated carbocycles. The monoisotopic (exact) mass is 701 g/mol. The molecular formula is C36H43N7O6S. The van der Waals surface area contributed by atoms with Gasteiger partial charge >= 0.3 is 6.09 Å². The minimum atomic E-state index is -3.89. The molecule has 0 bridgehead atoms. The van der Waals surface area contributed by atoms with Gasteiger partial charge in [0.15, 0.2) is 0 Å². The van der Waals surface area contributed by atoms with E-state index in [9.17, 15) is 22.8 Å². The van der Waals surface area contributed by atoms with Crippen LogP contribution < -0.4 is 15.8 Å². The van der Waals surface area contributed by atoms with Crippen LogP contribution in [0.3, 0.4) is 0 Å². The molecule has 1 aromatic heterocycles. The molecule has 14 heteroatoms. The number of tetrazole rings is 1. The molecule has 0 saturated heterocycles. The van der Waals surface area contributed by atoms with Crippen LogP contribution in [0.25, 0.3) is 22.5 Å². The van der Waals surface area contributed by atoms with Crippen molar-refractivity contribution >= 4 is 33.5 Å². The van der Waals surface area contributed by atoms with Crippen molar-refractivity contribution in [2.45, 2.75) is 69.8 Å². The minimum absolute atomic E-state index is 0.00365. The van der Waals surface area contributed by atoms with E-state index in [2.05, 4.69) is 31.3 Å². The smallest absolute Gasteiger partial charge is 0.407 e. The van der Waals surface area contributed by atoms with Gasteiger partial charge < -0.3 is 15.4 Å². The molecule has 2 amide bonds. The summed E-state index contributed by atoms with van der Waals surface area (Å²) >= 11 is 0. The average molecular weight is 702 g/mol. The molecule has 5 rings (SSSR count). The maximum Gasteiger partial charge on any atom is 0.407 e. The molecule has 1 fully saturated rings. The summed E-state index contributed by atoms with van der Waals surface area (Å²) in [4.78, 5) is 39.6. The Morgan fingerprint density at radius 3 is 2.26 bits per heavy atom. The summed E-state index contributed by atoms with van der Waals surface area (Å²) in [5, 5.41) is 25.1. The number of rotatable bonds is 12. The van der Waals surface area contributed by atoms with Crippen LogP contribution in [-0.4, -0.2) is 59.0 Å². The first kappa shape index (κ1) is 36.3. The minimum Gasteiger partial charge on any atom is -0.444 e. The number of hydrogen-bond donors (Lipinski definition) is 4. The number of primary sulfonamides is 1. The Kier molecular flexibility index (Phi) is 11.4. The van der Waals surface area contributed by atoms with Gasteiger partial charge in [-0.1, -0.05) is 36.4 Å². The molecule has 13 nitrogen and oxygen atoms in total. The number of sulfonamides is 1. The Bertz CT molecular complexity index is 1900. The average Bonchev–Trinajstić information content (AvgIpc) is 3.62. The molecule has 5 N–H and O–H groups in total. The van der Waals surface area contributed by atoms with Crippen LogP contribution in [0, 0.1) is 17.8 Å². The number of carbonyl (C=O) groups excluding carboxylic acids is 3. The molecule has 0 radical (unpaired) electrons. The first-order valence-electron chi connectivity index (χ1n) is 16.6. The van der Waals surface area contributed by atoms with Gasteiger partial charge in [0.1, 0.15) is 11.4 Å². The van der Waals surface area contributed by atoms with Crippen molar-refractivity contribution in [2.24, 2.45) is 22.9 Å². The van der Waals surface area contributed by atoms with Crippen molar-refractivity contribution in [1.82, 2.24) is 25.9 Å². The lowest BCUT2D eigenvalue weighted by Crippen LogP contribution is -2.37. The van der Waals surface area contributed by atoms with Gasteiger partial charge in [-0.2, -0.15) is 5.21 Å². The number of amides is 2. The number of aromatic amines is 1. The number of benzene rings is 3. The third-order valence-corrected chi connectivity index (χ3v) is 9.63. The number of hydrogen-bond acceptors (Lipinski definition) is 9. The van der Waals surface area contributed by atoms with Crippen molar-refractivity contribution in [2.75, 3.05) is 11.9 Å². The van der Waals surface area contributed by atoms with Crippen molar-refractivity contribution in [3.63, 3.8) is 0 Å². The van der Waals surface area contributed by atoms with Crippen LogP contribution in [-0.2, 0) is 30.8 Å². The number of nitrogens with zero attached hydrogens (tertiary/aromatic N) is 3. The molecule has 3 aromatic carbocycles. The number of nitrogens with one attached hydrogen (secondary N) is 3. The fraction of sp³-hybridized carbons (Fsp3) is 0.389. The van der Waals surface area contributed by atoms with Gasteiger partial charge in [0.05, 0.1) is 4.90 Å². The highest BCUT2D eigenvalue weighted by atomic mass is 32.2. The number of alkyl carbamates (subject to hydrolysis) is 1. The summed E-state index contributed by atoms with van der Waals surface area (Å²) in [6, 6.07) is 20.9. The molecule has 0 aliphatic heterocycles. The molecule has 0 spiro atoms. The van der Waals surface area contributed by atoms with E-state index < -0.39 is 27.6 Å². The highest BCUT2D eigenvalue weighted by Crippen LogP contribution is 2.32. The van der Waals surface area contributed by atoms with E-state index in [1.54, 1.807) is 36.4 Å². The fourth-order valence-electron chi connectivity index (χ4n) is 6.14. The summed E-state index contributed by atoms with van der Waals surface area (Å²) in [6.07, 6.45) is 2.84. The zero-order valence-corrected chi connectivity index (χ0v) is 29.2. The molecule has 264 valence electrons. The van der Waals surface area contributed by atoms with E-state index in [1.807, 2.05) is 45.0 Å². The van der Waals surface area contributed by atoms with Crippen LogP contribution in [0.5, 0.6) is 0 Å². The number of Topliss-reactive ketones (excluding diaryl/α,β-unsaturated/α-hetero) is 1. The van der Waals surface area contributed by atoms with E-state index in [0.29, 0.717) is 36.5 Å². The summed E-state index contributed by atoms with van der Waals surface area (Å²) in [7, 11) is -3.89. The number of aromatic nitrogens is 4. The molecule has 1 atom stereocenters. The van der Waals surface area contributed by atoms with Gasteiger partial charge in [-0.3, -0.25) is 9.59 Å². The highest BCUT2D eigenvalue weighted by molar-refractivity contribution is 7.89. The largest absolute Gasteiger partial charge is 0.444 e. The Labute approximate surface area is 291 Å². The van der Waals surface area contributed by atoms with Gasteiger partial charge in [0, 0.05) is 36.1 Å². The van der Waals surface area contributed by atoms with Crippen molar-refractivity contribution < 1.29 is 27.5 Å². The number of H-pyrrole nitrogens is 1. The van der Waals surface area contributed by atoms with Crippen LogP contribution in [0.4, 0.5) is 10.5 Å². The molecule has 4 aromatic rings. The van der Waals surface area contributed by atoms with E-state index in [1.165, 1.54) is 12.1 Å². The highest BCUT2D eigenvalue weighted by Gasteiger charge is 2.31. The third kappa shape index (κ3) is 10.3. The fourth-order valence-corrected chi connectivity index (χ4v) is 6.70. The van der Waals surface area contributed by atoms with Crippen molar-refractivity contribution in [3.8, 4) is 22.5 Å². The van der Waals surface area contributed by atoms with Crippen LogP contribution in [0.2, 0.25) is 0 Å². The van der Waals surface area contributed by atoms with Gasteiger partial charge in [0.2, 0.25) is 21.8 Å². The SMILES string of the molecule is CC(C)(C)OC(=O)NCC1CCC(C(=O)C[C@@H](Cc2cccc(-c3cccc(S(N)(=O)=O)c3)c2)C(=O)Nc2ccc(-c3nn[nH]n3)cc2)CC1. The predicted molar refractivity (Wildman–Crippen MR) is 188 cm³/mol. The third-order valence-electron chi connectivity index (χ3n) is 8.72. The lowest BCUT2D eigenvalue weighted by molar-refractivity contribution is -0.129. The molecule has 1 heterocycles. The molecular weight excluding hydrogens is 659 g/mol. The molecule has 50 heavy (non-hydrogen) atoms. The molecule has 1 aliphatic carbocycles. The summed E-state index contributed by atoms with van der Waals surface area (Å²) in [5.74, 6) is -0.426. The number of ketones is 1. The Morgan fingerprint density at radius 1 is 0.940 bits per heavy atom. The second-order valence-electron chi connectivity index (χ2n) is 13.7. The van der Waals surface area contributed by atoms with Gasteiger partial charge in [-0.15, -0.1) is 10.2 Å². The quantitative estimate of drug-likeness (QED) is 0.152. The maximum absolute atomic E-state index is 13.8. The second kappa shape index (κ2) is 15.7. The number of anilines is 1. The maximum atomic E-state index is 13.8. The van der Waals surface area contributed by atoms with Crippen LogP contribution >= 0.6 is 0 Å². The number of nitrogens with two attached hydrogens (primary N) is 1. The number of carbonyl (C=O) groups is 3. The number of ether oxygens (including phenoxy) is 1. The summed E-state index contributed by atoms with van der Waals surface area (Å²) < 4.78 is 29.3. The Morgan fingerprint density at radius 2 is 1.62 bits per heavy atom. The van der Waals surface area contributed by atoms with Crippen LogP contribution in [0.1, 0.15) is 58.4 Å².